The van der Waals surface area contributed by atoms with E-state index in [0.29, 0.717) is 11.8 Å². The predicted molar refractivity (Wildman–Crippen MR) is 78.1 cm³/mol. The molecule has 2 rings (SSSR count). The molecule has 0 spiro atoms. The first-order valence-electron chi connectivity index (χ1n) is 7.50. The van der Waals surface area contributed by atoms with Gasteiger partial charge in [-0.05, 0) is 38.8 Å². The van der Waals surface area contributed by atoms with Crippen molar-refractivity contribution in [1.29, 1.82) is 0 Å². The van der Waals surface area contributed by atoms with Gasteiger partial charge in [-0.15, -0.1) is 0 Å². The van der Waals surface area contributed by atoms with Gasteiger partial charge < -0.3 is 4.42 Å². The van der Waals surface area contributed by atoms with E-state index in [-0.39, 0.29) is 5.91 Å². The average molecular weight is 279 g/mol. The third-order valence-corrected chi connectivity index (χ3v) is 4.14. The molecule has 5 nitrogen and oxygen atoms in total. The molecule has 1 atom stereocenters. The maximum atomic E-state index is 11.6. The van der Waals surface area contributed by atoms with Gasteiger partial charge in [0.1, 0.15) is 5.76 Å². The molecule has 1 aromatic rings. The summed E-state index contributed by atoms with van der Waals surface area (Å²) < 4.78 is 5.67. The summed E-state index contributed by atoms with van der Waals surface area (Å²) in [5.41, 5.74) is 2.96. The lowest BCUT2D eigenvalue weighted by atomic mass is 10.1. The fourth-order valence-corrected chi connectivity index (χ4v) is 3.02. The lowest BCUT2D eigenvalue weighted by molar-refractivity contribution is 0.0919. The number of nitrogens with one attached hydrogen (secondary N) is 1. The van der Waals surface area contributed by atoms with Gasteiger partial charge in [0, 0.05) is 11.6 Å². The van der Waals surface area contributed by atoms with Crippen LogP contribution in [0.4, 0.5) is 0 Å². The summed E-state index contributed by atoms with van der Waals surface area (Å²) in [5, 5.41) is 0. The molecule has 5 heteroatoms. The van der Waals surface area contributed by atoms with Crippen LogP contribution in [0.25, 0.3) is 0 Å². The van der Waals surface area contributed by atoms with Crippen molar-refractivity contribution in [2.45, 2.75) is 58.5 Å². The summed E-state index contributed by atoms with van der Waals surface area (Å²) >= 11 is 0. The number of rotatable bonds is 4. The number of nitrogens with two attached hydrogens (primary N) is 1. The van der Waals surface area contributed by atoms with E-state index in [4.69, 9.17) is 10.3 Å². The van der Waals surface area contributed by atoms with Crippen LogP contribution >= 0.6 is 0 Å². The lowest BCUT2D eigenvalue weighted by Gasteiger charge is -2.28. The Kier molecular flexibility index (Phi) is 5.20. The smallest absolute Gasteiger partial charge is 0.301 e. The highest BCUT2D eigenvalue weighted by Gasteiger charge is 2.22. The van der Waals surface area contributed by atoms with E-state index in [1.54, 1.807) is 0 Å². The molecule has 0 aliphatic carbocycles. The van der Waals surface area contributed by atoms with Crippen LogP contribution in [0.2, 0.25) is 0 Å². The van der Waals surface area contributed by atoms with Crippen molar-refractivity contribution in [3.05, 3.63) is 23.2 Å². The second-order valence-corrected chi connectivity index (χ2v) is 5.58. The molecule has 1 amide bonds. The van der Waals surface area contributed by atoms with Crippen LogP contribution in [0.1, 0.15) is 60.9 Å². The number of hydrogen-bond donors (Lipinski definition) is 2. The predicted octanol–water partition coefficient (Wildman–Crippen LogP) is 2.35. The molecule has 112 valence electrons. The summed E-state index contributed by atoms with van der Waals surface area (Å²) in [7, 11) is 0. The number of furan rings is 1. The minimum atomic E-state index is -0.364. The molecular formula is C15H25N3O2. The minimum absolute atomic E-state index is 0.324. The lowest BCUT2D eigenvalue weighted by Crippen LogP contribution is -2.33. The van der Waals surface area contributed by atoms with Gasteiger partial charge in [0.05, 0.1) is 6.54 Å². The van der Waals surface area contributed by atoms with Crippen molar-refractivity contribution in [3.8, 4) is 0 Å². The van der Waals surface area contributed by atoms with Gasteiger partial charge >= 0.3 is 5.91 Å². The summed E-state index contributed by atoms with van der Waals surface area (Å²) in [4.78, 5) is 14.1. The largest absolute Gasteiger partial charge is 0.454 e. The van der Waals surface area contributed by atoms with Crippen LogP contribution in [0.3, 0.4) is 0 Å². The number of hydrogen-bond acceptors (Lipinski definition) is 4. The molecule has 1 aliphatic heterocycles. The Morgan fingerprint density at radius 2 is 2.30 bits per heavy atom. The molecular weight excluding hydrogens is 254 g/mol. The Labute approximate surface area is 120 Å². The molecule has 1 aromatic heterocycles. The topological polar surface area (TPSA) is 71.5 Å². The highest BCUT2D eigenvalue weighted by atomic mass is 16.4. The first kappa shape index (κ1) is 15.1. The Morgan fingerprint density at radius 3 is 3.00 bits per heavy atom. The SMILES string of the molecule is CCC1CCCCCN1Cc1cc(C)c(C(=O)NN)o1. The molecule has 0 bridgehead atoms. The van der Waals surface area contributed by atoms with E-state index in [1.165, 1.54) is 25.7 Å². The zero-order chi connectivity index (χ0) is 14.5. The summed E-state index contributed by atoms with van der Waals surface area (Å²) in [5.74, 6) is 5.97. The number of nitrogen functional groups attached to an aromatic ring is 1. The van der Waals surface area contributed by atoms with E-state index in [1.807, 2.05) is 13.0 Å². The summed E-state index contributed by atoms with van der Waals surface area (Å²) in [6.07, 6.45) is 6.28. The maximum absolute atomic E-state index is 11.6. The zero-order valence-electron chi connectivity index (χ0n) is 12.4. The highest BCUT2D eigenvalue weighted by Crippen LogP contribution is 2.23. The van der Waals surface area contributed by atoms with E-state index < -0.39 is 0 Å². The first-order valence-corrected chi connectivity index (χ1v) is 7.50. The number of aryl methyl sites for hydroxylation is 1. The fourth-order valence-electron chi connectivity index (χ4n) is 3.02. The second-order valence-electron chi connectivity index (χ2n) is 5.58. The fraction of sp³-hybridized carbons (Fsp3) is 0.667. The van der Waals surface area contributed by atoms with E-state index in [9.17, 15) is 4.79 Å². The minimum Gasteiger partial charge on any atom is -0.454 e. The van der Waals surface area contributed by atoms with Crippen molar-refractivity contribution in [2.75, 3.05) is 6.54 Å². The molecule has 3 N–H and O–H groups in total. The van der Waals surface area contributed by atoms with Crippen molar-refractivity contribution >= 4 is 5.91 Å². The number of carbonyl (C=O) groups excluding carboxylic acids is 1. The van der Waals surface area contributed by atoms with Crippen LogP contribution < -0.4 is 11.3 Å². The normalized spacial score (nSPS) is 20.6. The Bertz CT molecular complexity index is 456. The average Bonchev–Trinajstić information content (AvgIpc) is 2.67. The number of amides is 1. The number of nitrogens with zero attached hydrogens (tertiary/aromatic N) is 1. The highest BCUT2D eigenvalue weighted by molar-refractivity contribution is 5.92. The quantitative estimate of drug-likeness (QED) is 0.504. The van der Waals surface area contributed by atoms with Gasteiger partial charge in [-0.3, -0.25) is 15.1 Å². The number of likely N-dealkylation sites (tertiary alicyclic amines) is 1. The molecule has 1 saturated heterocycles. The van der Waals surface area contributed by atoms with Crippen molar-refractivity contribution in [2.24, 2.45) is 5.84 Å². The van der Waals surface area contributed by atoms with Gasteiger partial charge in [0.15, 0.2) is 5.76 Å². The van der Waals surface area contributed by atoms with Crippen molar-refractivity contribution < 1.29 is 9.21 Å². The molecule has 1 aliphatic rings. The van der Waals surface area contributed by atoms with Crippen LogP contribution in [-0.2, 0) is 6.54 Å². The molecule has 0 radical (unpaired) electrons. The molecule has 20 heavy (non-hydrogen) atoms. The van der Waals surface area contributed by atoms with Gasteiger partial charge in [-0.25, -0.2) is 5.84 Å². The monoisotopic (exact) mass is 279 g/mol. The van der Waals surface area contributed by atoms with Crippen LogP contribution in [0.15, 0.2) is 10.5 Å². The van der Waals surface area contributed by atoms with E-state index in [2.05, 4.69) is 17.2 Å². The Hall–Kier alpha value is -1.33. The third-order valence-electron chi connectivity index (χ3n) is 4.14. The summed E-state index contributed by atoms with van der Waals surface area (Å²) in [6, 6.07) is 2.57. The molecule has 1 unspecified atom stereocenters. The Balaban J connectivity index is 2.10. The first-order chi connectivity index (χ1) is 9.65. The van der Waals surface area contributed by atoms with Crippen LogP contribution in [0, 0.1) is 6.92 Å². The van der Waals surface area contributed by atoms with Crippen molar-refractivity contribution in [3.63, 3.8) is 0 Å². The van der Waals surface area contributed by atoms with Gasteiger partial charge in [-0.1, -0.05) is 19.8 Å². The van der Waals surface area contributed by atoms with Crippen molar-refractivity contribution in [1.82, 2.24) is 10.3 Å². The second kappa shape index (κ2) is 6.90. The van der Waals surface area contributed by atoms with Crippen LogP contribution in [0.5, 0.6) is 0 Å². The standard InChI is InChI=1S/C15H25N3O2/c1-3-12-7-5-4-6-8-18(12)10-13-9-11(2)14(20-13)15(19)17-16/h9,12H,3-8,10,16H2,1-2H3,(H,17,19). The van der Waals surface area contributed by atoms with Gasteiger partial charge in [-0.2, -0.15) is 0 Å². The number of hydrazine groups is 1. The molecule has 0 saturated carbocycles. The third kappa shape index (κ3) is 3.41. The van der Waals surface area contributed by atoms with Crippen LogP contribution in [-0.4, -0.2) is 23.4 Å². The molecule has 1 fully saturated rings. The number of carbonyl (C=O) groups is 1. The zero-order valence-corrected chi connectivity index (χ0v) is 12.4. The van der Waals surface area contributed by atoms with Gasteiger partial charge in [0.25, 0.3) is 0 Å². The Morgan fingerprint density at radius 1 is 1.50 bits per heavy atom. The van der Waals surface area contributed by atoms with E-state index in [0.717, 1.165) is 30.8 Å². The van der Waals surface area contributed by atoms with Gasteiger partial charge in [0.2, 0.25) is 0 Å². The molecule has 0 aromatic carbocycles. The van der Waals surface area contributed by atoms with E-state index >= 15 is 0 Å². The maximum Gasteiger partial charge on any atom is 0.301 e. The summed E-state index contributed by atoms with van der Waals surface area (Å²) in [6.45, 7) is 5.99. The molecule has 2 heterocycles.